The lowest BCUT2D eigenvalue weighted by molar-refractivity contribution is 0.833. The molecule has 0 radical (unpaired) electrons. The van der Waals surface area contributed by atoms with Crippen LogP contribution in [0.1, 0.15) is 12.7 Å². The van der Waals surface area contributed by atoms with Gasteiger partial charge in [-0.05, 0) is 24.3 Å². The van der Waals surface area contributed by atoms with Gasteiger partial charge < -0.3 is 4.98 Å². The smallest absolute Gasteiger partial charge is 0.266 e. The van der Waals surface area contributed by atoms with Gasteiger partial charge in [-0.2, -0.15) is 0 Å². The molecule has 2 aromatic carbocycles. The average Bonchev–Trinajstić information content (AvgIpc) is 2.68. The molecule has 0 aliphatic rings. The van der Waals surface area contributed by atoms with Gasteiger partial charge in [0, 0.05) is 23.7 Å². The van der Waals surface area contributed by atoms with E-state index in [-0.39, 0.29) is 11.1 Å². The number of hydrogen-bond acceptors (Lipinski definition) is 3. The van der Waals surface area contributed by atoms with Crippen LogP contribution < -0.4 is 11.1 Å². The van der Waals surface area contributed by atoms with Crippen LogP contribution in [0.2, 0.25) is 0 Å². The number of hydrogen-bond donors (Lipinski definition) is 1. The van der Waals surface area contributed by atoms with E-state index >= 15 is 0 Å². The number of nitrogens with zero attached hydrogens (tertiary/aromatic N) is 2. The van der Waals surface area contributed by atoms with Gasteiger partial charge in [-0.25, -0.2) is 4.98 Å². The van der Waals surface area contributed by atoms with Crippen molar-refractivity contribution >= 4 is 10.9 Å². The maximum atomic E-state index is 13.4. The number of pyridine rings is 1. The van der Waals surface area contributed by atoms with Crippen LogP contribution in [-0.2, 0) is 6.42 Å². The summed E-state index contributed by atoms with van der Waals surface area (Å²) in [5.41, 5.74) is 2.33. The third-order valence-corrected chi connectivity index (χ3v) is 4.36. The summed E-state index contributed by atoms with van der Waals surface area (Å²) in [7, 11) is 0. The molecule has 0 spiro atoms. The first-order chi connectivity index (χ1) is 12.7. The first kappa shape index (κ1) is 16.0. The van der Waals surface area contributed by atoms with Crippen LogP contribution in [0, 0.1) is 0 Å². The quantitative estimate of drug-likeness (QED) is 0.620. The molecule has 0 aliphatic heterocycles. The van der Waals surface area contributed by atoms with Crippen LogP contribution in [-0.4, -0.2) is 14.5 Å². The van der Waals surface area contributed by atoms with E-state index in [9.17, 15) is 9.59 Å². The lowest BCUT2D eigenvalue weighted by atomic mass is 10.1. The predicted molar refractivity (Wildman–Crippen MR) is 103 cm³/mol. The van der Waals surface area contributed by atoms with Gasteiger partial charge in [-0.15, -0.1) is 0 Å². The van der Waals surface area contributed by atoms with Crippen molar-refractivity contribution in [2.24, 2.45) is 0 Å². The van der Waals surface area contributed by atoms with Crippen molar-refractivity contribution in [3.63, 3.8) is 0 Å². The Bertz CT molecular complexity index is 1210. The Morgan fingerprint density at radius 3 is 2.42 bits per heavy atom. The van der Waals surface area contributed by atoms with Crippen LogP contribution in [0.3, 0.4) is 0 Å². The van der Waals surface area contributed by atoms with Crippen LogP contribution in [0.25, 0.3) is 27.8 Å². The molecule has 4 rings (SSSR count). The highest BCUT2D eigenvalue weighted by atomic mass is 16.1. The minimum absolute atomic E-state index is 0.140. The standard InChI is InChI=1S/C21H17N3O2/c1-2-18-22-17-12-6-10-15(16-11-7-13-19(25)23-16)20(17)21(26)24(18)14-8-4-3-5-9-14/h3-13H,2H2,1H3,(H,23,25). The van der Waals surface area contributed by atoms with Crippen molar-refractivity contribution in [1.29, 1.82) is 0 Å². The van der Waals surface area contributed by atoms with E-state index in [4.69, 9.17) is 4.98 Å². The Kier molecular flexibility index (Phi) is 3.97. The van der Waals surface area contributed by atoms with Gasteiger partial charge in [0.05, 0.1) is 16.6 Å². The molecule has 0 unspecified atom stereocenters. The number of aryl methyl sites for hydroxylation is 1. The number of benzene rings is 2. The first-order valence-corrected chi connectivity index (χ1v) is 8.49. The number of fused-ring (bicyclic) bond motifs is 1. The Morgan fingerprint density at radius 1 is 0.923 bits per heavy atom. The molecule has 4 aromatic rings. The first-order valence-electron chi connectivity index (χ1n) is 8.49. The van der Waals surface area contributed by atoms with Crippen LogP contribution >= 0.6 is 0 Å². The average molecular weight is 343 g/mol. The largest absolute Gasteiger partial charge is 0.322 e. The van der Waals surface area contributed by atoms with Gasteiger partial charge in [-0.3, -0.25) is 14.2 Å². The summed E-state index contributed by atoms with van der Waals surface area (Å²) >= 11 is 0. The third-order valence-electron chi connectivity index (χ3n) is 4.36. The number of H-pyrrole nitrogens is 1. The SMILES string of the molecule is CCc1nc2cccc(-c3cccc(=O)[nH]3)c2c(=O)n1-c1ccccc1. The number of aromatic amines is 1. The van der Waals surface area contributed by atoms with Gasteiger partial charge in [0.2, 0.25) is 5.56 Å². The minimum Gasteiger partial charge on any atom is -0.322 e. The summed E-state index contributed by atoms with van der Waals surface area (Å²) in [4.78, 5) is 32.6. The Balaban J connectivity index is 2.12. The third kappa shape index (κ3) is 2.63. The van der Waals surface area contributed by atoms with E-state index in [0.29, 0.717) is 34.4 Å². The summed E-state index contributed by atoms with van der Waals surface area (Å²) in [5, 5.41) is 0.496. The minimum atomic E-state index is -0.207. The van der Waals surface area contributed by atoms with Crippen molar-refractivity contribution < 1.29 is 0 Å². The normalized spacial score (nSPS) is 11.0. The van der Waals surface area contributed by atoms with Crippen LogP contribution in [0.5, 0.6) is 0 Å². The van der Waals surface area contributed by atoms with Crippen molar-refractivity contribution in [3.8, 4) is 16.9 Å². The molecule has 2 aromatic heterocycles. The molecule has 128 valence electrons. The zero-order valence-electron chi connectivity index (χ0n) is 14.3. The number of nitrogens with one attached hydrogen (secondary N) is 1. The van der Waals surface area contributed by atoms with E-state index in [1.807, 2.05) is 55.5 Å². The van der Waals surface area contributed by atoms with Gasteiger partial charge in [0.1, 0.15) is 5.82 Å². The van der Waals surface area contributed by atoms with E-state index in [1.54, 1.807) is 16.7 Å². The maximum absolute atomic E-state index is 13.4. The molecular weight excluding hydrogens is 326 g/mol. The zero-order chi connectivity index (χ0) is 18.1. The van der Waals surface area contributed by atoms with Crippen molar-refractivity contribution in [2.45, 2.75) is 13.3 Å². The molecule has 0 saturated heterocycles. The molecule has 0 fully saturated rings. The van der Waals surface area contributed by atoms with Gasteiger partial charge in [0.25, 0.3) is 5.56 Å². The summed E-state index contributed by atoms with van der Waals surface area (Å²) in [6.07, 6.45) is 0.631. The Labute approximate surface area is 149 Å². The van der Waals surface area contributed by atoms with Crippen LogP contribution in [0.15, 0.2) is 76.3 Å². The zero-order valence-corrected chi connectivity index (χ0v) is 14.3. The molecule has 0 saturated carbocycles. The van der Waals surface area contributed by atoms with E-state index < -0.39 is 0 Å². The molecule has 2 heterocycles. The van der Waals surface area contributed by atoms with Gasteiger partial charge in [0.15, 0.2) is 0 Å². The summed E-state index contributed by atoms with van der Waals surface area (Å²) in [6, 6.07) is 19.9. The summed E-state index contributed by atoms with van der Waals surface area (Å²) in [6.45, 7) is 1.98. The molecule has 5 nitrogen and oxygen atoms in total. The molecule has 1 N–H and O–H groups in total. The maximum Gasteiger partial charge on any atom is 0.266 e. The molecule has 26 heavy (non-hydrogen) atoms. The molecule has 0 bridgehead atoms. The number of para-hydroxylation sites is 1. The molecular formula is C21H17N3O2. The van der Waals surface area contributed by atoms with E-state index in [0.717, 1.165) is 5.69 Å². The lowest BCUT2D eigenvalue weighted by Crippen LogP contribution is -2.24. The second kappa shape index (κ2) is 6.44. The lowest BCUT2D eigenvalue weighted by Gasteiger charge is -2.14. The Hall–Kier alpha value is -3.47. The fourth-order valence-corrected chi connectivity index (χ4v) is 3.19. The number of rotatable bonds is 3. The monoisotopic (exact) mass is 343 g/mol. The molecule has 0 atom stereocenters. The summed E-state index contributed by atoms with van der Waals surface area (Å²) in [5.74, 6) is 0.701. The predicted octanol–water partition coefficient (Wildman–Crippen LogP) is 3.30. The van der Waals surface area contributed by atoms with Crippen molar-refractivity contribution in [1.82, 2.24) is 14.5 Å². The van der Waals surface area contributed by atoms with E-state index in [2.05, 4.69) is 4.98 Å². The van der Waals surface area contributed by atoms with Crippen molar-refractivity contribution in [2.75, 3.05) is 0 Å². The Morgan fingerprint density at radius 2 is 1.69 bits per heavy atom. The fraction of sp³-hybridized carbons (Fsp3) is 0.0952. The highest BCUT2D eigenvalue weighted by Crippen LogP contribution is 2.24. The fourth-order valence-electron chi connectivity index (χ4n) is 3.19. The van der Waals surface area contributed by atoms with Gasteiger partial charge in [-0.1, -0.05) is 43.3 Å². The molecule has 0 amide bonds. The second-order valence-electron chi connectivity index (χ2n) is 5.99. The summed E-state index contributed by atoms with van der Waals surface area (Å²) < 4.78 is 1.65. The topological polar surface area (TPSA) is 67.8 Å². The van der Waals surface area contributed by atoms with Crippen molar-refractivity contribution in [3.05, 3.63) is 93.3 Å². The number of aromatic nitrogens is 3. The highest BCUT2D eigenvalue weighted by molar-refractivity contribution is 5.93. The van der Waals surface area contributed by atoms with Crippen LogP contribution in [0.4, 0.5) is 0 Å². The molecule has 5 heteroatoms. The van der Waals surface area contributed by atoms with E-state index in [1.165, 1.54) is 6.07 Å². The highest BCUT2D eigenvalue weighted by Gasteiger charge is 2.15. The second-order valence-corrected chi connectivity index (χ2v) is 5.99. The van der Waals surface area contributed by atoms with Gasteiger partial charge >= 0.3 is 0 Å². The molecule has 0 aliphatic carbocycles.